The van der Waals surface area contributed by atoms with Crippen molar-refractivity contribution in [2.45, 2.75) is 51.9 Å². The van der Waals surface area contributed by atoms with Crippen LogP contribution in [-0.4, -0.2) is 16.8 Å². The second-order valence-electron chi connectivity index (χ2n) is 7.82. The van der Waals surface area contributed by atoms with Gasteiger partial charge >= 0.3 is 0 Å². The summed E-state index contributed by atoms with van der Waals surface area (Å²) in [5, 5.41) is 10.8. The van der Waals surface area contributed by atoms with Crippen molar-refractivity contribution >= 4 is 0 Å². The SMILES string of the molecule is CCC(O)(CC)c1ccc(CN(Cc2ccccc2)Cc2ccc3c(c2)OCO3)o1. The van der Waals surface area contributed by atoms with Gasteiger partial charge in [0, 0.05) is 13.1 Å². The van der Waals surface area contributed by atoms with Crippen molar-refractivity contribution in [1.82, 2.24) is 4.90 Å². The summed E-state index contributed by atoms with van der Waals surface area (Å²) in [5.41, 5.74) is 1.49. The fourth-order valence-electron chi connectivity index (χ4n) is 3.84. The van der Waals surface area contributed by atoms with Crippen LogP contribution in [0.4, 0.5) is 0 Å². The third kappa shape index (κ3) is 4.53. The van der Waals surface area contributed by atoms with Crippen molar-refractivity contribution in [1.29, 1.82) is 0 Å². The molecule has 0 bridgehead atoms. The van der Waals surface area contributed by atoms with E-state index in [4.69, 9.17) is 13.9 Å². The van der Waals surface area contributed by atoms with Gasteiger partial charge in [-0.1, -0.05) is 50.2 Å². The zero-order valence-electron chi connectivity index (χ0n) is 17.6. The minimum atomic E-state index is -0.903. The molecule has 3 aromatic rings. The van der Waals surface area contributed by atoms with Gasteiger partial charge in [0.2, 0.25) is 6.79 Å². The van der Waals surface area contributed by atoms with Crippen LogP contribution in [0.15, 0.2) is 65.1 Å². The molecule has 30 heavy (non-hydrogen) atoms. The maximum absolute atomic E-state index is 10.8. The number of fused-ring (bicyclic) bond motifs is 1. The highest BCUT2D eigenvalue weighted by Gasteiger charge is 2.28. The number of aliphatic hydroxyl groups is 1. The van der Waals surface area contributed by atoms with Crippen molar-refractivity contribution in [2.24, 2.45) is 0 Å². The second-order valence-corrected chi connectivity index (χ2v) is 7.82. The summed E-state index contributed by atoms with van der Waals surface area (Å²) in [7, 11) is 0. The molecule has 0 aliphatic carbocycles. The van der Waals surface area contributed by atoms with Crippen LogP contribution in [0.25, 0.3) is 0 Å². The highest BCUT2D eigenvalue weighted by atomic mass is 16.7. The standard InChI is InChI=1S/C25H29NO4/c1-3-25(27,4-2)24-13-11-21(30-24)17-26(15-19-8-6-5-7-9-19)16-20-10-12-22-23(14-20)29-18-28-22/h5-14,27H,3-4,15-18H2,1-2H3. The van der Waals surface area contributed by atoms with E-state index >= 15 is 0 Å². The second kappa shape index (κ2) is 8.94. The smallest absolute Gasteiger partial charge is 0.231 e. The first-order valence-corrected chi connectivity index (χ1v) is 10.6. The van der Waals surface area contributed by atoms with Gasteiger partial charge in [0.25, 0.3) is 0 Å². The number of furan rings is 1. The minimum absolute atomic E-state index is 0.277. The molecule has 1 N–H and O–H groups in total. The maximum atomic E-state index is 10.8. The van der Waals surface area contributed by atoms with E-state index in [2.05, 4.69) is 35.2 Å². The average Bonchev–Trinajstić information content (AvgIpc) is 3.43. The Morgan fingerprint density at radius 1 is 0.833 bits per heavy atom. The molecule has 158 valence electrons. The summed E-state index contributed by atoms with van der Waals surface area (Å²) < 4.78 is 17.0. The Labute approximate surface area is 177 Å². The van der Waals surface area contributed by atoms with Gasteiger partial charge in [-0.2, -0.15) is 0 Å². The number of hydrogen-bond acceptors (Lipinski definition) is 5. The summed E-state index contributed by atoms with van der Waals surface area (Å²) in [5.74, 6) is 3.08. The Morgan fingerprint density at radius 3 is 2.33 bits per heavy atom. The maximum Gasteiger partial charge on any atom is 0.231 e. The molecule has 1 aliphatic heterocycles. The Kier molecular flexibility index (Phi) is 6.11. The van der Waals surface area contributed by atoms with Crippen molar-refractivity contribution in [3.63, 3.8) is 0 Å². The van der Waals surface area contributed by atoms with Crippen LogP contribution in [0.3, 0.4) is 0 Å². The average molecular weight is 408 g/mol. The first kappa shape index (κ1) is 20.5. The molecule has 5 heteroatoms. The topological polar surface area (TPSA) is 55.1 Å². The number of benzene rings is 2. The van der Waals surface area contributed by atoms with E-state index in [1.807, 2.05) is 44.2 Å². The van der Waals surface area contributed by atoms with Gasteiger partial charge < -0.3 is 19.0 Å². The van der Waals surface area contributed by atoms with Crippen LogP contribution in [0, 0.1) is 0 Å². The van der Waals surface area contributed by atoms with Crippen molar-refractivity contribution in [2.75, 3.05) is 6.79 Å². The van der Waals surface area contributed by atoms with Crippen LogP contribution >= 0.6 is 0 Å². The molecule has 0 amide bonds. The zero-order chi connectivity index (χ0) is 21.0. The van der Waals surface area contributed by atoms with Gasteiger partial charge in [-0.05, 0) is 48.2 Å². The van der Waals surface area contributed by atoms with Gasteiger partial charge in [-0.15, -0.1) is 0 Å². The van der Waals surface area contributed by atoms with Crippen molar-refractivity contribution in [3.8, 4) is 11.5 Å². The minimum Gasteiger partial charge on any atom is -0.462 e. The quantitative estimate of drug-likeness (QED) is 0.527. The zero-order valence-corrected chi connectivity index (χ0v) is 17.6. The van der Waals surface area contributed by atoms with E-state index < -0.39 is 5.60 Å². The Hall–Kier alpha value is -2.76. The van der Waals surface area contributed by atoms with E-state index in [9.17, 15) is 5.11 Å². The lowest BCUT2D eigenvalue weighted by Crippen LogP contribution is -2.23. The lowest BCUT2D eigenvalue weighted by atomic mass is 9.95. The summed E-state index contributed by atoms with van der Waals surface area (Å²) in [6.07, 6.45) is 1.25. The van der Waals surface area contributed by atoms with E-state index in [1.165, 1.54) is 5.56 Å². The molecule has 0 saturated carbocycles. The molecule has 0 unspecified atom stereocenters. The molecule has 0 atom stereocenters. The van der Waals surface area contributed by atoms with Gasteiger partial charge in [-0.3, -0.25) is 4.90 Å². The van der Waals surface area contributed by atoms with Crippen LogP contribution in [-0.2, 0) is 25.2 Å². The van der Waals surface area contributed by atoms with Crippen LogP contribution in [0.5, 0.6) is 11.5 Å². The molecular formula is C25H29NO4. The number of ether oxygens (including phenoxy) is 2. The van der Waals surface area contributed by atoms with Gasteiger partial charge in [0.1, 0.15) is 17.1 Å². The molecule has 1 aliphatic rings. The molecule has 0 fully saturated rings. The molecule has 0 spiro atoms. The first-order chi connectivity index (χ1) is 14.6. The van der Waals surface area contributed by atoms with Crippen molar-refractivity contribution in [3.05, 3.63) is 83.3 Å². The molecule has 0 saturated heterocycles. The predicted octanol–water partition coefficient (Wildman–Crippen LogP) is 5.22. The normalized spacial score (nSPS) is 13.2. The number of nitrogens with zero attached hydrogens (tertiary/aromatic N) is 1. The summed E-state index contributed by atoms with van der Waals surface area (Å²) in [6.45, 7) is 6.41. The highest BCUT2D eigenvalue weighted by Crippen LogP contribution is 2.33. The molecule has 2 aromatic carbocycles. The molecular weight excluding hydrogens is 378 g/mol. The predicted molar refractivity (Wildman–Crippen MR) is 115 cm³/mol. The van der Waals surface area contributed by atoms with E-state index in [-0.39, 0.29) is 6.79 Å². The first-order valence-electron chi connectivity index (χ1n) is 10.6. The van der Waals surface area contributed by atoms with Crippen molar-refractivity contribution < 1.29 is 19.0 Å². The van der Waals surface area contributed by atoms with Crippen LogP contribution in [0.1, 0.15) is 49.3 Å². The van der Waals surface area contributed by atoms with Gasteiger partial charge in [0.05, 0.1) is 6.54 Å². The van der Waals surface area contributed by atoms with E-state index in [1.54, 1.807) is 0 Å². The Bertz CT molecular complexity index is 962. The summed E-state index contributed by atoms with van der Waals surface area (Å²) >= 11 is 0. The van der Waals surface area contributed by atoms with Gasteiger partial charge in [0.15, 0.2) is 11.5 Å². The van der Waals surface area contributed by atoms with Gasteiger partial charge in [-0.25, -0.2) is 0 Å². The Balaban J connectivity index is 1.54. The number of rotatable bonds is 9. The van der Waals surface area contributed by atoms with E-state index in [0.29, 0.717) is 25.1 Å². The molecule has 5 nitrogen and oxygen atoms in total. The van der Waals surface area contributed by atoms with Crippen LogP contribution in [0.2, 0.25) is 0 Å². The third-order valence-electron chi connectivity index (χ3n) is 5.76. The number of hydrogen-bond donors (Lipinski definition) is 1. The Morgan fingerprint density at radius 2 is 1.57 bits per heavy atom. The summed E-state index contributed by atoms with van der Waals surface area (Å²) in [4.78, 5) is 2.33. The molecule has 0 radical (unpaired) electrons. The fraction of sp³-hybridized carbons (Fsp3) is 0.360. The lowest BCUT2D eigenvalue weighted by molar-refractivity contribution is 0.00514. The molecule has 1 aromatic heterocycles. The fourth-order valence-corrected chi connectivity index (χ4v) is 3.84. The summed E-state index contributed by atoms with van der Waals surface area (Å²) in [6, 6.07) is 20.4. The van der Waals surface area contributed by atoms with Crippen LogP contribution < -0.4 is 9.47 Å². The third-order valence-corrected chi connectivity index (χ3v) is 5.76. The molecule has 4 rings (SSSR count). The largest absolute Gasteiger partial charge is 0.462 e. The monoisotopic (exact) mass is 407 g/mol. The van der Waals surface area contributed by atoms with E-state index in [0.717, 1.165) is 35.9 Å². The highest BCUT2D eigenvalue weighted by molar-refractivity contribution is 5.44. The molecule has 2 heterocycles. The lowest BCUT2D eigenvalue weighted by Gasteiger charge is -2.23.